The highest BCUT2D eigenvalue weighted by Gasteiger charge is 2.14. The van der Waals surface area contributed by atoms with Gasteiger partial charge in [0, 0.05) is 19.2 Å². The van der Waals surface area contributed by atoms with Crippen LogP contribution in [0.5, 0.6) is 5.75 Å². The third-order valence-corrected chi connectivity index (χ3v) is 2.94. The Balaban J connectivity index is 2.98. The highest BCUT2D eigenvalue weighted by atomic mass is 16.5. The predicted molar refractivity (Wildman–Crippen MR) is 85.5 cm³/mol. The summed E-state index contributed by atoms with van der Waals surface area (Å²) in [5.41, 5.74) is 2.17. The molecule has 4 heteroatoms. The molecule has 1 rings (SSSR count). The van der Waals surface area contributed by atoms with Gasteiger partial charge in [-0.25, -0.2) is 4.79 Å². The van der Waals surface area contributed by atoms with E-state index in [1.54, 1.807) is 13.2 Å². The van der Waals surface area contributed by atoms with Crippen LogP contribution in [0, 0.1) is 5.41 Å². The van der Waals surface area contributed by atoms with Crippen LogP contribution in [0.25, 0.3) is 6.08 Å². The molecule has 0 saturated heterocycles. The molecule has 0 aliphatic heterocycles. The SMILES string of the molecule is COc1ccc(C=CC(=O)O)c(CN(C)CC(C)(C)C)c1. The second-order valence-electron chi connectivity index (χ2n) is 6.47. The highest BCUT2D eigenvalue weighted by Crippen LogP contribution is 2.22. The van der Waals surface area contributed by atoms with Crippen LogP contribution in [0.2, 0.25) is 0 Å². The maximum absolute atomic E-state index is 10.7. The van der Waals surface area contributed by atoms with E-state index < -0.39 is 5.97 Å². The van der Waals surface area contributed by atoms with Crippen molar-refractivity contribution in [2.45, 2.75) is 27.3 Å². The lowest BCUT2D eigenvalue weighted by molar-refractivity contribution is -0.131. The van der Waals surface area contributed by atoms with Gasteiger partial charge in [-0.05, 0) is 41.8 Å². The Morgan fingerprint density at radius 1 is 1.38 bits per heavy atom. The predicted octanol–water partition coefficient (Wildman–Crippen LogP) is 3.27. The minimum absolute atomic E-state index is 0.213. The summed E-state index contributed by atoms with van der Waals surface area (Å²) in [6.45, 7) is 8.28. The molecule has 21 heavy (non-hydrogen) atoms. The van der Waals surface area contributed by atoms with E-state index in [0.29, 0.717) is 0 Å². The second kappa shape index (κ2) is 7.27. The van der Waals surface area contributed by atoms with Gasteiger partial charge < -0.3 is 14.7 Å². The quantitative estimate of drug-likeness (QED) is 0.817. The molecule has 0 fully saturated rings. The summed E-state index contributed by atoms with van der Waals surface area (Å²) in [6, 6.07) is 5.69. The van der Waals surface area contributed by atoms with Crippen molar-refractivity contribution in [3.8, 4) is 5.75 Å². The molecule has 0 amide bonds. The summed E-state index contributed by atoms with van der Waals surface area (Å²) in [4.78, 5) is 12.9. The monoisotopic (exact) mass is 291 g/mol. The Bertz CT molecular complexity index is 515. The Morgan fingerprint density at radius 3 is 2.57 bits per heavy atom. The van der Waals surface area contributed by atoms with Gasteiger partial charge in [-0.2, -0.15) is 0 Å². The van der Waals surface area contributed by atoms with Crippen LogP contribution >= 0.6 is 0 Å². The molecule has 0 bridgehead atoms. The fourth-order valence-corrected chi connectivity index (χ4v) is 2.33. The molecule has 0 spiro atoms. The van der Waals surface area contributed by atoms with Crippen LogP contribution in [0.1, 0.15) is 31.9 Å². The van der Waals surface area contributed by atoms with Gasteiger partial charge in [0.25, 0.3) is 0 Å². The van der Waals surface area contributed by atoms with Crippen LogP contribution in [0.4, 0.5) is 0 Å². The van der Waals surface area contributed by atoms with Gasteiger partial charge in [0.2, 0.25) is 0 Å². The lowest BCUT2D eigenvalue weighted by Gasteiger charge is -2.27. The zero-order valence-corrected chi connectivity index (χ0v) is 13.5. The van der Waals surface area contributed by atoms with Crippen LogP contribution < -0.4 is 4.74 Å². The summed E-state index contributed by atoms with van der Waals surface area (Å²) >= 11 is 0. The fourth-order valence-electron chi connectivity index (χ4n) is 2.33. The molecule has 0 atom stereocenters. The van der Waals surface area contributed by atoms with E-state index in [2.05, 4.69) is 32.7 Å². The van der Waals surface area contributed by atoms with Crippen LogP contribution in [-0.4, -0.2) is 36.7 Å². The molecule has 1 aromatic rings. The van der Waals surface area contributed by atoms with Gasteiger partial charge in [-0.15, -0.1) is 0 Å². The van der Waals surface area contributed by atoms with Crippen LogP contribution in [-0.2, 0) is 11.3 Å². The number of carboxylic acids is 1. The average Bonchev–Trinajstić information content (AvgIpc) is 2.34. The number of hydrogen-bond donors (Lipinski definition) is 1. The zero-order valence-electron chi connectivity index (χ0n) is 13.5. The van der Waals surface area contributed by atoms with Crippen molar-refractivity contribution in [2.75, 3.05) is 20.7 Å². The van der Waals surface area contributed by atoms with Crippen molar-refractivity contribution in [3.63, 3.8) is 0 Å². The average molecular weight is 291 g/mol. The number of aliphatic carboxylic acids is 1. The van der Waals surface area contributed by atoms with E-state index in [-0.39, 0.29) is 5.41 Å². The van der Waals surface area contributed by atoms with Crippen LogP contribution in [0.3, 0.4) is 0 Å². The van der Waals surface area contributed by atoms with Crippen molar-refractivity contribution >= 4 is 12.0 Å². The third-order valence-electron chi connectivity index (χ3n) is 2.94. The maximum atomic E-state index is 10.7. The van der Waals surface area contributed by atoms with Gasteiger partial charge in [0.05, 0.1) is 7.11 Å². The molecule has 0 aliphatic carbocycles. The van der Waals surface area contributed by atoms with Crippen molar-refractivity contribution in [3.05, 3.63) is 35.4 Å². The number of carbonyl (C=O) groups is 1. The van der Waals surface area contributed by atoms with Crippen LogP contribution in [0.15, 0.2) is 24.3 Å². The molecule has 116 valence electrons. The molecule has 0 aliphatic rings. The Hall–Kier alpha value is -1.81. The molecule has 1 N–H and O–H groups in total. The maximum Gasteiger partial charge on any atom is 0.328 e. The molecule has 0 radical (unpaired) electrons. The molecule has 4 nitrogen and oxygen atoms in total. The third kappa shape index (κ3) is 6.45. The number of benzene rings is 1. The van der Waals surface area contributed by atoms with Gasteiger partial charge in [0.1, 0.15) is 5.75 Å². The second-order valence-corrected chi connectivity index (χ2v) is 6.47. The highest BCUT2D eigenvalue weighted by molar-refractivity contribution is 5.85. The van der Waals surface area contributed by atoms with E-state index in [1.165, 1.54) is 0 Å². The Labute approximate surface area is 127 Å². The molecule has 1 aromatic carbocycles. The molecule has 0 aromatic heterocycles. The minimum atomic E-state index is -0.945. The summed E-state index contributed by atoms with van der Waals surface area (Å²) in [5, 5.41) is 8.78. The lowest BCUT2D eigenvalue weighted by atomic mass is 9.96. The number of rotatable bonds is 6. The van der Waals surface area contributed by atoms with E-state index in [4.69, 9.17) is 9.84 Å². The number of carboxylic acid groups (broad SMARTS) is 1. The number of nitrogens with zero attached hydrogens (tertiary/aromatic N) is 1. The normalized spacial score (nSPS) is 12.1. The van der Waals surface area contributed by atoms with E-state index in [9.17, 15) is 4.79 Å². The molecular weight excluding hydrogens is 266 g/mol. The van der Waals surface area contributed by atoms with E-state index in [0.717, 1.165) is 36.0 Å². The fraction of sp³-hybridized carbons (Fsp3) is 0.471. The first-order valence-corrected chi connectivity index (χ1v) is 6.98. The van der Waals surface area contributed by atoms with Crippen molar-refractivity contribution < 1.29 is 14.6 Å². The first-order valence-electron chi connectivity index (χ1n) is 6.98. The molecule has 0 unspecified atom stereocenters. The number of methoxy groups -OCH3 is 1. The first kappa shape index (κ1) is 17.2. The van der Waals surface area contributed by atoms with Gasteiger partial charge in [-0.3, -0.25) is 0 Å². The van der Waals surface area contributed by atoms with Gasteiger partial charge in [-0.1, -0.05) is 26.8 Å². The number of hydrogen-bond acceptors (Lipinski definition) is 3. The minimum Gasteiger partial charge on any atom is -0.497 e. The summed E-state index contributed by atoms with van der Waals surface area (Å²) in [6.07, 6.45) is 2.79. The summed E-state index contributed by atoms with van der Waals surface area (Å²) < 4.78 is 5.26. The standard InChI is InChI=1S/C17H25NO3/c1-17(2,3)12-18(4)11-14-10-15(21-5)8-6-13(14)7-9-16(19)20/h6-10H,11-12H2,1-5H3,(H,19,20). The smallest absolute Gasteiger partial charge is 0.328 e. The molecular formula is C17H25NO3. The van der Waals surface area contributed by atoms with Crippen molar-refractivity contribution in [2.24, 2.45) is 5.41 Å². The van der Waals surface area contributed by atoms with Crippen molar-refractivity contribution in [1.82, 2.24) is 4.90 Å². The number of ether oxygens (including phenoxy) is 1. The van der Waals surface area contributed by atoms with E-state index in [1.807, 2.05) is 18.2 Å². The summed E-state index contributed by atoms with van der Waals surface area (Å²) in [7, 11) is 3.69. The topological polar surface area (TPSA) is 49.8 Å². The molecule has 0 saturated carbocycles. The first-order chi connectivity index (χ1) is 9.71. The van der Waals surface area contributed by atoms with Gasteiger partial charge >= 0.3 is 5.97 Å². The van der Waals surface area contributed by atoms with Gasteiger partial charge in [0.15, 0.2) is 0 Å². The largest absolute Gasteiger partial charge is 0.497 e. The Kier molecular flexibility index (Phi) is 5.97. The van der Waals surface area contributed by atoms with E-state index >= 15 is 0 Å². The lowest BCUT2D eigenvalue weighted by Crippen LogP contribution is -2.29. The zero-order chi connectivity index (χ0) is 16.0. The Morgan fingerprint density at radius 2 is 2.05 bits per heavy atom. The molecule has 0 heterocycles. The van der Waals surface area contributed by atoms with Crippen molar-refractivity contribution in [1.29, 1.82) is 0 Å². The summed E-state index contributed by atoms with van der Waals surface area (Å²) in [5.74, 6) is -0.165.